The van der Waals surface area contributed by atoms with E-state index >= 15 is 0 Å². The predicted molar refractivity (Wildman–Crippen MR) is 79.5 cm³/mol. The zero-order valence-corrected chi connectivity index (χ0v) is 14.2. The predicted octanol–water partition coefficient (Wildman–Crippen LogP) is 1.60. The lowest BCUT2D eigenvalue weighted by molar-refractivity contribution is -0.144. The minimum absolute atomic E-state index is 0.101. The fourth-order valence-electron chi connectivity index (χ4n) is 1.67. The molecule has 0 saturated heterocycles. The van der Waals surface area contributed by atoms with Gasteiger partial charge in [-0.2, -0.15) is 4.31 Å². The maximum atomic E-state index is 13.9. The summed E-state index contributed by atoms with van der Waals surface area (Å²) in [6.45, 7) is 1.38. The van der Waals surface area contributed by atoms with E-state index in [4.69, 9.17) is 5.73 Å². The number of sulfonamides is 1. The number of hydrogen-bond donors (Lipinski definition) is 1. The molecule has 2 N–H and O–H groups in total. The molecule has 0 saturated carbocycles. The van der Waals surface area contributed by atoms with E-state index < -0.39 is 32.6 Å². The molecule has 0 aromatic heterocycles. The van der Waals surface area contributed by atoms with Gasteiger partial charge in [-0.3, -0.25) is 4.79 Å². The van der Waals surface area contributed by atoms with Crippen molar-refractivity contribution in [2.75, 3.05) is 26.4 Å². The first-order valence-corrected chi connectivity index (χ1v) is 8.13. The van der Waals surface area contributed by atoms with E-state index in [9.17, 15) is 17.6 Å². The molecule has 1 unspecified atom stereocenters. The molecule has 0 heterocycles. The van der Waals surface area contributed by atoms with E-state index in [0.29, 0.717) is 0 Å². The fraction of sp³-hybridized carbons (Fsp3) is 0.417. The van der Waals surface area contributed by atoms with Crippen LogP contribution in [0.3, 0.4) is 0 Å². The third-order valence-electron chi connectivity index (χ3n) is 2.87. The van der Waals surface area contributed by atoms with Gasteiger partial charge < -0.3 is 10.5 Å². The van der Waals surface area contributed by atoms with Gasteiger partial charge in [-0.1, -0.05) is 6.92 Å². The molecule has 9 heteroatoms. The van der Waals surface area contributed by atoms with E-state index in [2.05, 4.69) is 20.7 Å². The molecule has 1 aromatic carbocycles. The van der Waals surface area contributed by atoms with Gasteiger partial charge in [0.15, 0.2) is 0 Å². The SMILES string of the molecule is COC(=O)C(C)CN(C)S(=O)(=O)c1cc(N)c(Br)cc1F. The van der Waals surface area contributed by atoms with Crippen LogP contribution in [0.5, 0.6) is 0 Å². The van der Waals surface area contributed by atoms with Crippen molar-refractivity contribution in [1.82, 2.24) is 4.31 Å². The van der Waals surface area contributed by atoms with Gasteiger partial charge in [0, 0.05) is 23.8 Å². The highest BCUT2D eigenvalue weighted by Gasteiger charge is 2.28. The molecule has 0 aliphatic carbocycles. The Morgan fingerprint density at radius 2 is 2.10 bits per heavy atom. The molecule has 0 bridgehead atoms. The van der Waals surface area contributed by atoms with Gasteiger partial charge in [-0.05, 0) is 28.1 Å². The smallest absolute Gasteiger partial charge is 0.309 e. The number of rotatable bonds is 5. The maximum absolute atomic E-state index is 13.9. The summed E-state index contributed by atoms with van der Waals surface area (Å²) in [5.41, 5.74) is 5.69. The normalized spacial score (nSPS) is 13.2. The molecule has 1 aromatic rings. The van der Waals surface area contributed by atoms with E-state index in [-0.39, 0.29) is 16.7 Å². The fourth-order valence-corrected chi connectivity index (χ4v) is 3.32. The lowest BCUT2D eigenvalue weighted by Crippen LogP contribution is -2.34. The highest BCUT2D eigenvalue weighted by atomic mass is 79.9. The third-order valence-corrected chi connectivity index (χ3v) is 5.40. The van der Waals surface area contributed by atoms with Crippen molar-refractivity contribution in [3.05, 3.63) is 22.4 Å². The molecule has 21 heavy (non-hydrogen) atoms. The van der Waals surface area contributed by atoms with E-state index in [0.717, 1.165) is 16.4 Å². The number of nitrogens with two attached hydrogens (primary N) is 1. The lowest BCUT2D eigenvalue weighted by Gasteiger charge is -2.20. The third kappa shape index (κ3) is 3.92. The Hall–Kier alpha value is -1.19. The molecule has 0 aliphatic heterocycles. The first kappa shape index (κ1) is 17.9. The number of hydrogen-bond acceptors (Lipinski definition) is 5. The highest BCUT2D eigenvalue weighted by Crippen LogP contribution is 2.27. The van der Waals surface area contributed by atoms with Crippen LogP contribution in [0.25, 0.3) is 0 Å². The van der Waals surface area contributed by atoms with Crippen LogP contribution in [0.2, 0.25) is 0 Å². The van der Waals surface area contributed by atoms with Crippen LogP contribution < -0.4 is 5.73 Å². The Balaban J connectivity index is 3.11. The number of methoxy groups -OCH3 is 1. The molecule has 1 atom stereocenters. The molecule has 0 amide bonds. The Morgan fingerprint density at radius 3 is 2.62 bits per heavy atom. The second-order valence-electron chi connectivity index (χ2n) is 4.51. The summed E-state index contributed by atoms with van der Waals surface area (Å²) in [6.07, 6.45) is 0. The zero-order valence-electron chi connectivity index (χ0n) is 11.8. The number of nitrogens with zero attached hydrogens (tertiary/aromatic N) is 1. The minimum Gasteiger partial charge on any atom is -0.469 e. The highest BCUT2D eigenvalue weighted by molar-refractivity contribution is 9.10. The number of carbonyl (C=O) groups is 1. The molecular formula is C12H16BrFN2O4S. The Kier molecular flexibility index (Phi) is 5.71. The van der Waals surface area contributed by atoms with Gasteiger partial charge in [-0.25, -0.2) is 12.8 Å². The summed E-state index contributed by atoms with van der Waals surface area (Å²) in [5, 5.41) is 0. The molecular weight excluding hydrogens is 367 g/mol. The number of esters is 1. The quantitative estimate of drug-likeness (QED) is 0.616. The van der Waals surface area contributed by atoms with Gasteiger partial charge in [-0.15, -0.1) is 0 Å². The van der Waals surface area contributed by atoms with E-state index in [1.165, 1.54) is 21.1 Å². The first-order chi connectivity index (χ1) is 9.61. The maximum Gasteiger partial charge on any atom is 0.309 e. The van der Waals surface area contributed by atoms with Crippen LogP contribution >= 0.6 is 15.9 Å². The Morgan fingerprint density at radius 1 is 1.52 bits per heavy atom. The summed E-state index contributed by atoms with van der Waals surface area (Å²) in [6, 6.07) is 2.02. The average Bonchev–Trinajstić information content (AvgIpc) is 2.41. The topological polar surface area (TPSA) is 89.7 Å². The van der Waals surface area contributed by atoms with Crippen LogP contribution in [0.1, 0.15) is 6.92 Å². The van der Waals surface area contributed by atoms with Crippen LogP contribution in [0, 0.1) is 11.7 Å². The van der Waals surface area contributed by atoms with Crippen LogP contribution in [0.4, 0.5) is 10.1 Å². The Labute approximate surface area is 131 Å². The minimum atomic E-state index is -4.10. The van der Waals surface area contributed by atoms with Crippen molar-refractivity contribution in [2.45, 2.75) is 11.8 Å². The monoisotopic (exact) mass is 382 g/mol. The summed E-state index contributed by atoms with van der Waals surface area (Å²) < 4.78 is 44.2. The Bertz CT molecular complexity index is 651. The van der Waals surface area contributed by atoms with Crippen molar-refractivity contribution < 1.29 is 22.3 Å². The van der Waals surface area contributed by atoms with Crippen molar-refractivity contribution in [1.29, 1.82) is 0 Å². The molecule has 6 nitrogen and oxygen atoms in total. The molecule has 0 fully saturated rings. The molecule has 118 valence electrons. The molecule has 0 spiro atoms. The molecule has 1 rings (SSSR count). The van der Waals surface area contributed by atoms with E-state index in [1.807, 2.05) is 0 Å². The second-order valence-corrected chi connectivity index (χ2v) is 7.38. The number of benzene rings is 1. The summed E-state index contributed by atoms with van der Waals surface area (Å²) in [7, 11) is -1.63. The largest absolute Gasteiger partial charge is 0.469 e. The van der Waals surface area contributed by atoms with Gasteiger partial charge in [0.05, 0.1) is 13.0 Å². The average molecular weight is 383 g/mol. The number of nitrogen functional groups attached to an aromatic ring is 1. The number of anilines is 1. The van der Waals surface area contributed by atoms with Crippen LogP contribution in [0.15, 0.2) is 21.5 Å². The summed E-state index contributed by atoms with van der Waals surface area (Å²) >= 11 is 3.02. The zero-order chi connectivity index (χ0) is 16.4. The van der Waals surface area contributed by atoms with Gasteiger partial charge >= 0.3 is 5.97 Å². The van der Waals surface area contributed by atoms with Crippen molar-refractivity contribution in [2.24, 2.45) is 5.92 Å². The molecule has 0 radical (unpaired) electrons. The number of ether oxygens (including phenoxy) is 1. The number of halogens is 2. The number of carbonyl (C=O) groups excluding carboxylic acids is 1. The first-order valence-electron chi connectivity index (χ1n) is 5.90. The van der Waals surface area contributed by atoms with Crippen molar-refractivity contribution in [3.63, 3.8) is 0 Å². The van der Waals surface area contributed by atoms with Gasteiger partial charge in [0.25, 0.3) is 0 Å². The lowest BCUT2D eigenvalue weighted by atomic mass is 10.2. The van der Waals surface area contributed by atoms with E-state index in [1.54, 1.807) is 0 Å². The standard InChI is InChI=1S/C12H16BrFN2O4S/c1-7(12(17)20-3)6-16(2)21(18,19)11-5-10(15)8(13)4-9(11)14/h4-5,7H,6,15H2,1-3H3. The summed E-state index contributed by atoms with van der Waals surface area (Å²) in [5.74, 6) is -2.15. The van der Waals surface area contributed by atoms with Crippen molar-refractivity contribution >= 4 is 37.6 Å². The van der Waals surface area contributed by atoms with Crippen LogP contribution in [-0.2, 0) is 19.6 Å². The second kappa shape index (κ2) is 6.71. The molecule has 0 aliphatic rings. The van der Waals surface area contributed by atoms with Gasteiger partial charge in [0.1, 0.15) is 10.7 Å². The van der Waals surface area contributed by atoms with Crippen molar-refractivity contribution in [3.8, 4) is 0 Å². The van der Waals surface area contributed by atoms with Crippen LogP contribution in [-0.4, -0.2) is 39.4 Å². The summed E-state index contributed by atoms with van der Waals surface area (Å²) in [4.78, 5) is 10.8. The van der Waals surface area contributed by atoms with Gasteiger partial charge in [0.2, 0.25) is 10.0 Å².